The minimum absolute atomic E-state index is 0.332. The van der Waals surface area contributed by atoms with Crippen molar-refractivity contribution < 1.29 is 4.74 Å². The van der Waals surface area contributed by atoms with Gasteiger partial charge in [0.1, 0.15) is 6.33 Å². The van der Waals surface area contributed by atoms with Crippen molar-refractivity contribution in [2.45, 2.75) is 13.5 Å². The maximum atomic E-state index is 6.03. The number of hydrogen-bond donors (Lipinski definition) is 0. The average Bonchev–Trinajstić information content (AvgIpc) is 2.45. The van der Waals surface area contributed by atoms with Crippen LogP contribution in [0, 0.1) is 0 Å². The van der Waals surface area contributed by atoms with Gasteiger partial charge in [0.15, 0.2) is 16.7 Å². The van der Waals surface area contributed by atoms with Gasteiger partial charge in [-0.15, -0.1) is 0 Å². The zero-order valence-electron chi connectivity index (χ0n) is 11.0. The average molecular weight is 278 g/mol. The Balaban J connectivity index is 2.30. The molecule has 5 heteroatoms. The van der Waals surface area contributed by atoms with E-state index in [-0.39, 0.29) is 0 Å². The smallest absolute Gasteiger partial charge is 0.199 e. The Kier molecular flexibility index (Phi) is 4.58. The molecule has 2 aromatic rings. The van der Waals surface area contributed by atoms with E-state index in [2.05, 4.69) is 33.9 Å². The van der Waals surface area contributed by atoms with Crippen molar-refractivity contribution in [2.75, 3.05) is 18.6 Å². The quantitative estimate of drug-likeness (QED) is 0.787. The standard InChI is InChI=1S/C14H16ClN3O/c1-3-18(9-11-7-5-4-6-8-11)14-12(19-2)13(15)16-10-17-14/h4-8,10H,3,9H2,1-2H3. The summed E-state index contributed by atoms with van der Waals surface area (Å²) < 4.78 is 5.30. The summed E-state index contributed by atoms with van der Waals surface area (Å²) in [7, 11) is 1.57. The van der Waals surface area contributed by atoms with Crippen LogP contribution < -0.4 is 9.64 Å². The predicted molar refractivity (Wildman–Crippen MR) is 76.8 cm³/mol. The van der Waals surface area contributed by atoms with Crippen molar-refractivity contribution in [1.29, 1.82) is 0 Å². The second-order valence-electron chi connectivity index (χ2n) is 4.02. The summed E-state index contributed by atoms with van der Waals surface area (Å²) in [5, 5.41) is 0.332. The van der Waals surface area contributed by atoms with Crippen molar-refractivity contribution >= 4 is 17.4 Å². The molecule has 0 bridgehead atoms. The first-order valence-corrected chi connectivity index (χ1v) is 6.47. The fourth-order valence-electron chi connectivity index (χ4n) is 1.88. The lowest BCUT2D eigenvalue weighted by atomic mass is 10.2. The number of hydrogen-bond acceptors (Lipinski definition) is 4. The molecule has 0 aliphatic carbocycles. The number of halogens is 1. The molecule has 1 aromatic carbocycles. The lowest BCUT2D eigenvalue weighted by Gasteiger charge is -2.23. The second kappa shape index (κ2) is 6.38. The van der Waals surface area contributed by atoms with Gasteiger partial charge < -0.3 is 9.64 Å². The molecule has 0 atom stereocenters. The maximum Gasteiger partial charge on any atom is 0.199 e. The molecule has 0 aliphatic heterocycles. The Morgan fingerprint density at radius 1 is 1.21 bits per heavy atom. The van der Waals surface area contributed by atoms with Crippen molar-refractivity contribution in [2.24, 2.45) is 0 Å². The zero-order chi connectivity index (χ0) is 13.7. The predicted octanol–water partition coefficient (Wildman–Crippen LogP) is 3.17. The van der Waals surface area contributed by atoms with E-state index in [0.29, 0.717) is 16.7 Å². The molecule has 2 rings (SSSR count). The fourth-order valence-corrected chi connectivity index (χ4v) is 2.09. The zero-order valence-corrected chi connectivity index (χ0v) is 11.8. The van der Waals surface area contributed by atoms with Crippen LogP contribution in [0.5, 0.6) is 5.75 Å². The molecule has 0 aliphatic rings. The number of nitrogens with zero attached hydrogens (tertiary/aromatic N) is 3. The number of rotatable bonds is 5. The first-order chi connectivity index (χ1) is 9.26. The van der Waals surface area contributed by atoms with Crippen LogP contribution in [0.25, 0.3) is 0 Å². The van der Waals surface area contributed by atoms with Gasteiger partial charge in [-0.2, -0.15) is 0 Å². The third-order valence-corrected chi connectivity index (χ3v) is 3.11. The van der Waals surface area contributed by atoms with Crippen molar-refractivity contribution in [3.8, 4) is 5.75 Å². The first kappa shape index (κ1) is 13.6. The van der Waals surface area contributed by atoms with E-state index in [0.717, 1.165) is 13.1 Å². The largest absolute Gasteiger partial charge is 0.490 e. The Morgan fingerprint density at radius 2 is 1.95 bits per heavy atom. The fraction of sp³-hybridized carbons (Fsp3) is 0.286. The van der Waals surface area contributed by atoms with Crippen LogP contribution in [0.15, 0.2) is 36.7 Å². The lowest BCUT2D eigenvalue weighted by molar-refractivity contribution is 0.410. The summed E-state index contributed by atoms with van der Waals surface area (Å²) in [6.07, 6.45) is 1.45. The highest BCUT2D eigenvalue weighted by Gasteiger charge is 2.16. The van der Waals surface area contributed by atoms with Gasteiger partial charge in [-0.3, -0.25) is 0 Å². The molecule has 0 N–H and O–H groups in total. The summed E-state index contributed by atoms with van der Waals surface area (Å²) in [6.45, 7) is 3.62. The van der Waals surface area contributed by atoms with Crippen LogP contribution in [0.2, 0.25) is 5.15 Å². The molecule has 0 saturated carbocycles. The van der Waals surface area contributed by atoms with E-state index in [9.17, 15) is 0 Å². The van der Waals surface area contributed by atoms with Gasteiger partial charge in [0.25, 0.3) is 0 Å². The third-order valence-electron chi connectivity index (χ3n) is 2.84. The second-order valence-corrected chi connectivity index (χ2v) is 4.38. The molecule has 19 heavy (non-hydrogen) atoms. The molecule has 0 unspecified atom stereocenters. The van der Waals surface area contributed by atoms with E-state index in [1.165, 1.54) is 11.9 Å². The van der Waals surface area contributed by atoms with E-state index < -0.39 is 0 Å². The third kappa shape index (κ3) is 3.15. The molecule has 1 heterocycles. The molecule has 100 valence electrons. The Hall–Kier alpha value is -1.81. The van der Waals surface area contributed by atoms with Gasteiger partial charge in [-0.25, -0.2) is 9.97 Å². The summed E-state index contributed by atoms with van der Waals surface area (Å²) >= 11 is 6.03. The molecular weight excluding hydrogens is 262 g/mol. The van der Waals surface area contributed by atoms with E-state index in [1.807, 2.05) is 18.2 Å². The lowest BCUT2D eigenvalue weighted by Crippen LogP contribution is -2.23. The Labute approximate surface area is 118 Å². The van der Waals surface area contributed by atoms with Crippen molar-refractivity contribution in [1.82, 2.24) is 9.97 Å². The minimum Gasteiger partial charge on any atom is -0.490 e. The van der Waals surface area contributed by atoms with Crippen LogP contribution in [0.4, 0.5) is 5.82 Å². The Morgan fingerprint density at radius 3 is 2.58 bits per heavy atom. The van der Waals surface area contributed by atoms with Crippen LogP contribution >= 0.6 is 11.6 Å². The number of anilines is 1. The monoisotopic (exact) mass is 277 g/mol. The van der Waals surface area contributed by atoms with Crippen molar-refractivity contribution in [3.63, 3.8) is 0 Å². The van der Waals surface area contributed by atoms with Crippen LogP contribution in [0.1, 0.15) is 12.5 Å². The van der Waals surface area contributed by atoms with E-state index >= 15 is 0 Å². The van der Waals surface area contributed by atoms with Gasteiger partial charge in [-0.1, -0.05) is 41.9 Å². The normalized spacial score (nSPS) is 10.3. The molecular formula is C14H16ClN3O. The maximum absolute atomic E-state index is 6.03. The number of benzene rings is 1. The van der Waals surface area contributed by atoms with Crippen LogP contribution in [0.3, 0.4) is 0 Å². The highest BCUT2D eigenvalue weighted by Crippen LogP contribution is 2.31. The SMILES string of the molecule is CCN(Cc1ccccc1)c1ncnc(Cl)c1OC. The molecule has 0 amide bonds. The van der Waals surface area contributed by atoms with Crippen LogP contribution in [-0.4, -0.2) is 23.6 Å². The Bertz CT molecular complexity index is 533. The first-order valence-electron chi connectivity index (χ1n) is 6.09. The highest BCUT2D eigenvalue weighted by molar-refractivity contribution is 6.31. The molecule has 0 radical (unpaired) electrons. The molecule has 0 fully saturated rings. The summed E-state index contributed by atoms with van der Waals surface area (Å²) in [4.78, 5) is 10.3. The van der Waals surface area contributed by atoms with Gasteiger partial charge in [-0.05, 0) is 12.5 Å². The number of ether oxygens (including phenoxy) is 1. The number of methoxy groups -OCH3 is 1. The van der Waals surface area contributed by atoms with Crippen LogP contribution in [-0.2, 0) is 6.54 Å². The number of aromatic nitrogens is 2. The molecule has 1 aromatic heterocycles. The summed E-state index contributed by atoms with van der Waals surface area (Å²) in [5.41, 5.74) is 1.21. The van der Waals surface area contributed by atoms with Gasteiger partial charge in [0.2, 0.25) is 0 Å². The van der Waals surface area contributed by atoms with Crippen molar-refractivity contribution in [3.05, 3.63) is 47.4 Å². The van der Waals surface area contributed by atoms with Gasteiger partial charge >= 0.3 is 0 Å². The highest BCUT2D eigenvalue weighted by atomic mass is 35.5. The van der Waals surface area contributed by atoms with Gasteiger partial charge in [0, 0.05) is 13.1 Å². The molecule has 4 nitrogen and oxygen atoms in total. The van der Waals surface area contributed by atoms with E-state index in [1.54, 1.807) is 7.11 Å². The molecule has 0 spiro atoms. The van der Waals surface area contributed by atoms with E-state index in [4.69, 9.17) is 16.3 Å². The minimum atomic E-state index is 0.332. The summed E-state index contributed by atoms with van der Waals surface area (Å²) in [6, 6.07) is 10.2. The molecule has 0 saturated heterocycles. The summed E-state index contributed by atoms with van der Waals surface area (Å²) in [5.74, 6) is 1.23. The topological polar surface area (TPSA) is 38.2 Å². The van der Waals surface area contributed by atoms with Gasteiger partial charge in [0.05, 0.1) is 7.11 Å².